The fourth-order valence-corrected chi connectivity index (χ4v) is 4.05. The van der Waals surface area contributed by atoms with E-state index in [0.717, 1.165) is 57.7 Å². The first kappa shape index (κ1) is 19.3. The molecule has 0 aromatic carbocycles. The maximum atomic E-state index is 12.8. The molecule has 0 saturated carbocycles. The lowest BCUT2D eigenvalue weighted by molar-refractivity contribution is 0.0364. The van der Waals surface area contributed by atoms with Crippen molar-refractivity contribution in [3.8, 4) is 0 Å². The number of rotatable bonds is 5. The predicted molar refractivity (Wildman–Crippen MR) is 98.8 cm³/mol. The molecule has 3 rings (SSSR count). The van der Waals surface area contributed by atoms with Crippen LogP contribution in [0.4, 0.5) is 0 Å². The van der Waals surface area contributed by atoms with Crippen LogP contribution >= 0.6 is 0 Å². The third-order valence-electron chi connectivity index (χ3n) is 5.66. The highest BCUT2D eigenvalue weighted by molar-refractivity contribution is 5.92. The maximum absolute atomic E-state index is 12.8. The Kier molecular flexibility index (Phi) is 6.32. The Labute approximate surface area is 155 Å². The number of aromatic nitrogens is 1. The van der Waals surface area contributed by atoms with Crippen molar-refractivity contribution in [2.24, 2.45) is 0 Å². The highest BCUT2D eigenvalue weighted by Crippen LogP contribution is 2.19. The zero-order valence-electron chi connectivity index (χ0n) is 16.2. The lowest BCUT2D eigenvalue weighted by Crippen LogP contribution is -2.56. The van der Waals surface area contributed by atoms with Gasteiger partial charge in [0.05, 0.1) is 12.6 Å². The number of likely N-dealkylation sites (tertiary alicyclic amines) is 1. The second-order valence-corrected chi connectivity index (χ2v) is 7.83. The average Bonchev–Trinajstić information content (AvgIpc) is 3.10. The summed E-state index contributed by atoms with van der Waals surface area (Å²) in [6.45, 7) is 11.3. The van der Waals surface area contributed by atoms with Crippen molar-refractivity contribution in [2.45, 2.75) is 64.8 Å². The van der Waals surface area contributed by atoms with Gasteiger partial charge in [0.15, 0.2) is 11.5 Å². The number of piperidine rings is 1. The van der Waals surface area contributed by atoms with E-state index < -0.39 is 0 Å². The highest BCUT2D eigenvalue weighted by atomic mass is 16.5. The number of aliphatic hydroxyl groups is 1. The second kappa shape index (κ2) is 8.50. The van der Waals surface area contributed by atoms with Crippen molar-refractivity contribution >= 4 is 5.91 Å². The predicted octanol–water partition coefficient (Wildman–Crippen LogP) is 1.58. The number of amides is 1. The van der Waals surface area contributed by atoms with E-state index in [-0.39, 0.29) is 12.0 Å². The third kappa shape index (κ3) is 4.45. The van der Waals surface area contributed by atoms with E-state index in [9.17, 15) is 9.90 Å². The monoisotopic (exact) mass is 364 g/mol. The van der Waals surface area contributed by atoms with Crippen LogP contribution in [0.5, 0.6) is 0 Å². The number of carbonyl (C=O) groups excluding carboxylic acids is 1. The molecule has 0 unspecified atom stereocenters. The highest BCUT2D eigenvalue weighted by Gasteiger charge is 2.31. The first-order chi connectivity index (χ1) is 12.5. The van der Waals surface area contributed by atoms with Crippen LogP contribution in [0.25, 0.3) is 0 Å². The summed E-state index contributed by atoms with van der Waals surface area (Å²) in [7, 11) is 0. The van der Waals surface area contributed by atoms with E-state index in [2.05, 4.69) is 35.7 Å². The molecule has 1 atom stereocenters. The minimum atomic E-state index is -0.186. The summed E-state index contributed by atoms with van der Waals surface area (Å²) in [5, 5.41) is 13.6. The lowest BCUT2D eigenvalue weighted by Gasteiger charge is -2.43. The summed E-state index contributed by atoms with van der Waals surface area (Å²) >= 11 is 0. The molecular weight excluding hydrogens is 332 g/mol. The second-order valence-electron chi connectivity index (χ2n) is 7.83. The van der Waals surface area contributed by atoms with Crippen LogP contribution in [0.15, 0.2) is 10.6 Å². The molecule has 0 spiro atoms. The van der Waals surface area contributed by atoms with E-state index in [1.165, 1.54) is 0 Å². The van der Waals surface area contributed by atoms with Gasteiger partial charge in [0.1, 0.15) is 0 Å². The van der Waals surface area contributed by atoms with Crippen LogP contribution in [-0.4, -0.2) is 81.8 Å². The van der Waals surface area contributed by atoms with Crippen molar-refractivity contribution in [2.75, 3.05) is 32.7 Å². The molecule has 3 heterocycles. The van der Waals surface area contributed by atoms with Gasteiger partial charge >= 0.3 is 0 Å². The number of aliphatic hydroxyl groups excluding tert-OH is 1. The first-order valence-corrected chi connectivity index (χ1v) is 9.89. The van der Waals surface area contributed by atoms with Crippen LogP contribution in [0.1, 0.15) is 56.3 Å². The minimum absolute atomic E-state index is 0.0316. The van der Waals surface area contributed by atoms with Gasteiger partial charge in [0, 0.05) is 50.9 Å². The van der Waals surface area contributed by atoms with Gasteiger partial charge in [-0.2, -0.15) is 0 Å². The molecular formula is C19H32N4O3. The van der Waals surface area contributed by atoms with E-state index in [1.807, 2.05) is 4.90 Å². The van der Waals surface area contributed by atoms with E-state index >= 15 is 0 Å². The summed E-state index contributed by atoms with van der Waals surface area (Å²) in [5.41, 5.74) is 0.407. The summed E-state index contributed by atoms with van der Waals surface area (Å²) < 4.78 is 5.41. The number of carbonyl (C=O) groups is 1. The summed E-state index contributed by atoms with van der Waals surface area (Å²) in [5.74, 6) is 0.688. The van der Waals surface area contributed by atoms with Crippen LogP contribution in [0.2, 0.25) is 0 Å². The molecule has 7 nitrogen and oxygen atoms in total. The molecule has 146 valence electrons. The van der Waals surface area contributed by atoms with Crippen LogP contribution < -0.4 is 0 Å². The molecule has 0 bridgehead atoms. The van der Waals surface area contributed by atoms with Gasteiger partial charge in [0.2, 0.25) is 0 Å². The maximum Gasteiger partial charge on any atom is 0.276 e. The standard InChI is InChI=1S/C19H32N4O3/c1-4-15-12-22(9-10-23(15)14(2)3)19(25)18-11-17(26-20-18)13-21-7-5-16(24)6-8-21/h11,14-16,24H,4-10,12-13H2,1-3H3/t15-/m1/s1. The molecule has 0 aliphatic carbocycles. The normalized spacial score (nSPS) is 23.7. The fraction of sp³-hybridized carbons (Fsp3) is 0.789. The average molecular weight is 364 g/mol. The van der Waals surface area contributed by atoms with Gasteiger partial charge in [-0.05, 0) is 33.1 Å². The Hall–Kier alpha value is -1.44. The van der Waals surface area contributed by atoms with E-state index in [1.54, 1.807) is 6.07 Å². The summed E-state index contributed by atoms with van der Waals surface area (Å²) in [6.07, 6.45) is 2.43. The summed E-state index contributed by atoms with van der Waals surface area (Å²) in [6, 6.07) is 2.68. The molecule has 7 heteroatoms. The quantitative estimate of drug-likeness (QED) is 0.855. The molecule has 26 heavy (non-hydrogen) atoms. The van der Waals surface area contributed by atoms with Gasteiger partial charge in [-0.1, -0.05) is 12.1 Å². The van der Waals surface area contributed by atoms with Gasteiger partial charge < -0.3 is 14.5 Å². The zero-order chi connectivity index (χ0) is 18.7. The lowest BCUT2D eigenvalue weighted by atomic mass is 10.1. The smallest absolute Gasteiger partial charge is 0.276 e. The van der Waals surface area contributed by atoms with Crippen LogP contribution in [0.3, 0.4) is 0 Å². The summed E-state index contributed by atoms with van der Waals surface area (Å²) in [4.78, 5) is 19.4. The van der Waals surface area contributed by atoms with Crippen molar-refractivity contribution in [1.29, 1.82) is 0 Å². The van der Waals surface area contributed by atoms with Crippen LogP contribution in [0, 0.1) is 0 Å². The molecule has 2 aliphatic heterocycles. The number of piperazine rings is 1. The number of nitrogens with zero attached hydrogens (tertiary/aromatic N) is 4. The molecule has 1 aromatic rings. The van der Waals surface area contributed by atoms with Gasteiger partial charge in [0.25, 0.3) is 5.91 Å². The van der Waals surface area contributed by atoms with Gasteiger partial charge in [-0.3, -0.25) is 14.6 Å². The zero-order valence-corrected chi connectivity index (χ0v) is 16.2. The molecule has 1 aromatic heterocycles. The number of hydrogen-bond acceptors (Lipinski definition) is 6. The topological polar surface area (TPSA) is 73.0 Å². The van der Waals surface area contributed by atoms with Crippen molar-refractivity contribution < 1.29 is 14.4 Å². The molecule has 1 N–H and O–H groups in total. The Balaban J connectivity index is 1.58. The van der Waals surface area contributed by atoms with Gasteiger partial charge in [-0.25, -0.2) is 0 Å². The SMILES string of the molecule is CC[C@@H]1CN(C(=O)c2cc(CN3CCC(O)CC3)on2)CCN1C(C)C. The number of hydrogen-bond donors (Lipinski definition) is 1. The molecule has 2 fully saturated rings. The Morgan fingerprint density at radius 2 is 2.04 bits per heavy atom. The Morgan fingerprint density at radius 1 is 1.31 bits per heavy atom. The fourth-order valence-electron chi connectivity index (χ4n) is 4.05. The molecule has 1 amide bonds. The largest absolute Gasteiger partial charge is 0.393 e. The van der Waals surface area contributed by atoms with E-state index in [0.29, 0.717) is 24.3 Å². The van der Waals surface area contributed by atoms with Crippen LogP contribution in [-0.2, 0) is 6.54 Å². The van der Waals surface area contributed by atoms with Crippen molar-refractivity contribution in [3.63, 3.8) is 0 Å². The Morgan fingerprint density at radius 3 is 2.69 bits per heavy atom. The third-order valence-corrected chi connectivity index (χ3v) is 5.66. The van der Waals surface area contributed by atoms with Crippen molar-refractivity contribution in [1.82, 2.24) is 19.9 Å². The van der Waals surface area contributed by atoms with E-state index in [4.69, 9.17) is 4.52 Å². The Bertz CT molecular complexity index is 595. The first-order valence-electron chi connectivity index (χ1n) is 9.89. The molecule has 2 aliphatic rings. The van der Waals surface area contributed by atoms with Gasteiger partial charge in [-0.15, -0.1) is 0 Å². The molecule has 0 radical (unpaired) electrons. The molecule has 2 saturated heterocycles. The minimum Gasteiger partial charge on any atom is -0.393 e. The van der Waals surface area contributed by atoms with Crippen molar-refractivity contribution in [3.05, 3.63) is 17.5 Å².